The van der Waals surface area contributed by atoms with Gasteiger partial charge >= 0.3 is 0 Å². The number of rotatable bonds is 6. The molecule has 0 aliphatic carbocycles. The average Bonchev–Trinajstić information content (AvgIpc) is 2.75. The summed E-state index contributed by atoms with van der Waals surface area (Å²) in [6, 6.07) is 8.08. The monoisotopic (exact) mass is 247 g/mol. The van der Waals surface area contributed by atoms with Gasteiger partial charge in [0, 0.05) is 13.0 Å². The topological polar surface area (TPSA) is 50.1 Å². The zero-order valence-corrected chi connectivity index (χ0v) is 11.1. The lowest BCUT2D eigenvalue weighted by Crippen LogP contribution is -2.30. The number of likely N-dealkylation sites (N-methyl/N-ethyl adjacent to an activating group) is 1. The van der Waals surface area contributed by atoms with Gasteiger partial charge in [-0.05, 0) is 18.7 Å². The summed E-state index contributed by atoms with van der Waals surface area (Å²) in [5.41, 5.74) is 2.11. The Morgan fingerprint density at radius 3 is 2.83 bits per heavy atom. The molecular formula is C14H21N3O. The van der Waals surface area contributed by atoms with Crippen LogP contribution < -0.4 is 5.32 Å². The first-order valence-electron chi connectivity index (χ1n) is 6.59. The van der Waals surface area contributed by atoms with Crippen LogP contribution in [0.2, 0.25) is 0 Å². The average molecular weight is 247 g/mol. The summed E-state index contributed by atoms with van der Waals surface area (Å²) in [5, 5.41) is 13.2. The van der Waals surface area contributed by atoms with Gasteiger partial charge in [0.15, 0.2) is 0 Å². The molecule has 0 fully saturated rings. The van der Waals surface area contributed by atoms with Crippen LogP contribution >= 0.6 is 0 Å². The highest BCUT2D eigenvalue weighted by Crippen LogP contribution is 2.16. The van der Waals surface area contributed by atoms with E-state index in [4.69, 9.17) is 0 Å². The maximum absolute atomic E-state index is 10.0. The molecule has 0 bridgehead atoms. The fraction of sp³-hybridized carbons (Fsp3) is 0.500. The van der Waals surface area contributed by atoms with Crippen LogP contribution in [0.25, 0.3) is 11.0 Å². The van der Waals surface area contributed by atoms with Crippen LogP contribution in [0.15, 0.2) is 24.3 Å². The number of aryl methyl sites for hydroxylation is 1. The molecule has 2 N–H and O–H groups in total. The Labute approximate surface area is 108 Å². The zero-order chi connectivity index (χ0) is 13.0. The van der Waals surface area contributed by atoms with Gasteiger partial charge < -0.3 is 15.0 Å². The number of hydrogen-bond acceptors (Lipinski definition) is 3. The molecule has 0 saturated heterocycles. The Bertz CT molecular complexity index is 507. The molecule has 0 radical (unpaired) electrons. The predicted octanol–water partition coefficient (Wildman–Crippen LogP) is 1.57. The Kier molecular flexibility index (Phi) is 4.33. The maximum atomic E-state index is 10.0. The fourth-order valence-corrected chi connectivity index (χ4v) is 2.19. The fourth-order valence-electron chi connectivity index (χ4n) is 2.19. The molecule has 98 valence electrons. The minimum Gasteiger partial charge on any atom is -0.390 e. The van der Waals surface area contributed by atoms with E-state index >= 15 is 0 Å². The predicted molar refractivity (Wildman–Crippen MR) is 73.7 cm³/mol. The molecule has 4 nitrogen and oxygen atoms in total. The van der Waals surface area contributed by atoms with Gasteiger partial charge in [-0.1, -0.05) is 26.0 Å². The van der Waals surface area contributed by atoms with Gasteiger partial charge in [-0.3, -0.25) is 0 Å². The Hall–Kier alpha value is -1.39. The van der Waals surface area contributed by atoms with E-state index in [0.29, 0.717) is 13.1 Å². The van der Waals surface area contributed by atoms with Gasteiger partial charge in [0.05, 0.1) is 23.7 Å². The number of aliphatic hydroxyl groups excluding tert-OH is 1. The van der Waals surface area contributed by atoms with Crippen molar-refractivity contribution in [3.05, 3.63) is 30.1 Å². The lowest BCUT2D eigenvalue weighted by molar-refractivity contribution is 0.152. The van der Waals surface area contributed by atoms with Crippen molar-refractivity contribution in [2.24, 2.45) is 0 Å². The van der Waals surface area contributed by atoms with E-state index in [1.165, 1.54) is 0 Å². The van der Waals surface area contributed by atoms with Crippen molar-refractivity contribution in [2.75, 3.05) is 13.1 Å². The Balaban J connectivity index is 2.25. The summed E-state index contributed by atoms with van der Waals surface area (Å²) in [6.07, 6.45) is 0.496. The Morgan fingerprint density at radius 2 is 2.11 bits per heavy atom. The summed E-state index contributed by atoms with van der Waals surface area (Å²) in [5.74, 6) is 1.03. The summed E-state index contributed by atoms with van der Waals surface area (Å²) >= 11 is 0. The number of aromatic nitrogens is 2. The minimum atomic E-state index is -0.382. The normalized spacial score (nSPS) is 13.1. The molecule has 1 atom stereocenters. The molecule has 2 rings (SSSR count). The van der Waals surface area contributed by atoms with E-state index in [1.807, 2.05) is 25.1 Å². The molecule has 1 aromatic heterocycles. The third-order valence-corrected chi connectivity index (χ3v) is 3.07. The molecule has 0 amide bonds. The van der Waals surface area contributed by atoms with Crippen LogP contribution in [0.5, 0.6) is 0 Å². The van der Waals surface area contributed by atoms with E-state index in [9.17, 15) is 5.11 Å². The second-order valence-corrected chi connectivity index (χ2v) is 4.44. The van der Waals surface area contributed by atoms with E-state index in [-0.39, 0.29) is 6.10 Å². The third kappa shape index (κ3) is 2.71. The number of fused-ring (bicyclic) bond motifs is 1. The molecular weight excluding hydrogens is 226 g/mol. The molecule has 1 aromatic carbocycles. The van der Waals surface area contributed by atoms with Crippen molar-refractivity contribution >= 4 is 11.0 Å². The molecule has 0 spiro atoms. The summed E-state index contributed by atoms with van der Waals surface area (Å²) in [7, 11) is 0. The van der Waals surface area contributed by atoms with Crippen LogP contribution in [0, 0.1) is 0 Å². The molecule has 2 aromatic rings. The van der Waals surface area contributed by atoms with Crippen LogP contribution in [0.1, 0.15) is 19.7 Å². The lowest BCUT2D eigenvalue weighted by atomic mass is 10.3. The van der Waals surface area contributed by atoms with Crippen molar-refractivity contribution < 1.29 is 5.11 Å². The number of para-hydroxylation sites is 2. The SMILES string of the molecule is CCNCC(O)Cn1c(CC)nc2ccccc21. The standard InChI is InChI=1S/C14H21N3O/c1-3-14-16-12-7-5-6-8-13(12)17(14)10-11(18)9-15-4-2/h5-8,11,15,18H,3-4,9-10H2,1-2H3. The number of nitrogens with one attached hydrogen (secondary N) is 1. The van der Waals surface area contributed by atoms with Gasteiger partial charge in [0.25, 0.3) is 0 Å². The Morgan fingerprint density at radius 1 is 1.33 bits per heavy atom. The highest BCUT2D eigenvalue weighted by atomic mass is 16.3. The number of aliphatic hydroxyl groups is 1. The number of benzene rings is 1. The van der Waals surface area contributed by atoms with E-state index in [1.54, 1.807) is 0 Å². The first-order valence-corrected chi connectivity index (χ1v) is 6.59. The van der Waals surface area contributed by atoms with Crippen molar-refractivity contribution in [3.63, 3.8) is 0 Å². The minimum absolute atomic E-state index is 0.382. The summed E-state index contributed by atoms with van der Waals surface area (Å²) < 4.78 is 2.12. The lowest BCUT2D eigenvalue weighted by Gasteiger charge is -2.14. The van der Waals surface area contributed by atoms with Crippen LogP contribution in [0.4, 0.5) is 0 Å². The highest BCUT2D eigenvalue weighted by Gasteiger charge is 2.12. The van der Waals surface area contributed by atoms with E-state index < -0.39 is 0 Å². The van der Waals surface area contributed by atoms with Gasteiger partial charge in [0.2, 0.25) is 0 Å². The van der Waals surface area contributed by atoms with Crippen molar-refractivity contribution in [2.45, 2.75) is 32.9 Å². The molecule has 0 aliphatic heterocycles. The van der Waals surface area contributed by atoms with Crippen molar-refractivity contribution in [1.29, 1.82) is 0 Å². The molecule has 0 aliphatic rings. The first kappa shape index (κ1) is 13.1. The third-order valence-electron chi connectivity index (χ3n) is 3.07. The van der Waals surface area contributed by atoms with Gasteiger partial charge in [0.1, 0.15) is 5.82 Å². The molecule has 18 heavy (non-hydrogen) atoms. The smallest absolute Gasteiger partial charge is 0.109 e. The van der Waals surface area contributed by atoms with Gasteiger partial charge in [-0.25, -0.2) is 4.98 Å². The summed E-state index contributed by atoms with van der Waals surface area (Å²) in [4.78, 5) is 4.60. The quantitative estimate of drug-likeness (QED) is 0.814. The number of imidazole rings is 1. The van der Waals surface area contributed by atoms with E-state index in [2.05, 4.69) is 27.9 Å². The van der Waals surface area contributed by atoms with Gasteiger partial charge in [-0.15, -0.1) is 0 Å². The molecule has 0 saturated carbocycles. The van der Waals surface area contributed by atoms with Gasteiger partial charge in [-0.2, -0.15) is 0 Å². The zero-order valence-electron chi connectivity index (χ0n) is 11.1. The second kappa shape index (κ2) is 5.98. The second-order valence-electron chi connectivity index (χ2n) is 4.44. The van der Waals surface area contributed by atoms with Crippen LogP contribution in [-0.4, -0.2) is 33.9 Å². The largest absolute Gasteiger partial charge is 0.390 e. The highest BCUT2D eigenvalue weighted by molar-refractivity contribution is 5.75. The molecule has 1 heterocycles. The maximum Gasteiger partial charge on any atom is 0.109 e. The van der Waals surface area contributed by atoms with E-state index in [0.717, 1.165) is 29.8 Å². The molecule has 4 heteroatoms. The van der Waals surface area contributed by atoms with Crippen molar-refractivity contribution in [3.8, 4) is 0 Å². The van der Waals surface area contributed by atoms with Crippen molar-refractivity contribution in [1.82, 2.24) is 14.9 Å². The molecule has 1 unspecified atom stereocenters. The number of hydrogen-bond donors (Lipinski definition) is 2. The van der Waals surface area contributed by atoms with Crippen LogP contribution in [0.3, 0.4) is 0 Å². The van der Waals surface area contributed by atoms with Crippen LogP contribution in [-0.2, 0) is 13.0 Å². The summed E-state index contributed by atoms with van der Waals surface area (Å²) in [6.45, 7) is 6.22. The number of nitrogens with zero attached hydrogens (tertiary/aromatic N) is 2. The first-order chi connectivity index (χ1) is 8.76.